The second-order valence-corrected chi connectivity index (χ2v) is 6.37. The Hall–Kier alpha value is -0.570. The van der Waals surface area contributed by atoms with Gasteiger partial charge in [0.1, 0.15) is 0 Å². The van der Waals surface area contributed by atoms with E-state index in [9.17, 15) is 4.79 Å². The van der Waals surface area contributed by atoms with Crippen LogP contribution in [0.15, 0.2) is 0 Å². The molecule has 1 aliphatic heterocycles. The van der Waals surface area contributed by atoms with Gasteiger partial charge in [-0.3, -0.25) is 10.1 Å². The van der Waals surface area contributed by atoms with Gasteiger partial charge in [-0.2, -0.15) is 0 Å². The fourth-order valence-electron chi connectivity index (χ4n) is 3.58. The van der Waals surface area contributed by atoms with Crippen LogP contribution in [-0.2, 0) is 4.79 Å². The number of carbonyl (C=O) groups is 1. The molecule has 2 rings (SSSR count). The molecule has 1 saturated heterocycles. The lowest BCUT2D eigenvalue weighted by molar-refractivity contribution is -0.132. The number of rotatable bonds is 4. The lowest BCUT2D eigenvalue weighted by atomic mass is 9.82. The molecule has 3 nitrogen and oxygen atoms in total. The Labute approximate surface area is 111 Å². The first-order chi connectivity index (χ1) is 8.63. The molecule has 2 fully saturated rings. The van der Waals surface area contributed by atoms with E-state index < -0.39 is 0 Å². The minimum atomic E-state index is 0.0735. The molecule has 0 aromatic carbocycles. The fourth-order valence-corrected chi connectivity index (χ4v) is 3.58. The first-order valence-corrected chi connectivity index (χ1v) is 7.67. The predicted molar refractivity (Wildman–Crippen MR) is 74.1 cm³/mol. The Morgan fingerprint density at radius 1 is 1.33 bits per heavy atom. The van der Waals surface area contributed by atoms with Crippen LogP contribution in [0.1, 0.15) is 59.3 Å². The number of carbonyl (C=O) groups excluding carboxylic acids is 1. The summed E-state index contributed by atoms with van der Waals surface area (Å²) in [6.45, 7) is 7.42. The van der Waals surface area contributed by atoms with E-state index in [0.29, 0.717) is 17.9 Å². The number of nitrogens with one attached hydrogen (secondary N) is 1. The highest BCUT2D eigenvalue weighted by Crippen LogP contribution is 2.32. The Morgan fingerprint density at radius 2 is 2.06 bits per heavy atom. The van der Waals surface area contributed by atoms with Gasteiger partial charge in [0, 0.05) is 6.04 Å². The number of nitrogens with zero attached hydrogens (tertiary/aromatic N) is 1. The smallest absolute Gasteiger partial charge is 0.241 e. The van der Waals surface area contributed by atoms with Gasteiger partial charge in [0.05, 0.1) is 12.7 Å². The van der Waals surface area contributed by atoms with E-state index >= 15 is 0 Å². The number of amides is 1. The molecule has 0 radical (unpaired) electrons. The molecule has 0 bridgehead atoms. The van der Waals surface area contributed by atoms with Crippen LogP contribution in [0.4, 0.5) is 0 Å². The van der Waals surface area contributed by atoms with Crippen molar-refractivity contribution in [1.82, 2.24) is 10.2 Å². The summed E-state index contributed by atoms with van der Waals surface area (Å²) in [5.74, 6) is 1.66. The van der Waals surface area contributed by atoms with Gasteiger partial charge < -0.3 is 4.90 Å². The van der Waals surface area contributed by atoms with Crippen LogP contribution < -0.4 is 5.32 Å². The van der Waals surface area contributed by atoms with E-state index in [-0.39, 0.29) is 6.04 Å². The molecule has 3 unspecified atom stereocenters. The Kier molecular flexibility index (Phi) is 4.66. The van der Waals surface area contributed by atoms with Crippen molar-refractivity contribution in [2.45, 2.75) is 71.4 Å². The van der Waals surface area contributed by atoms with Gasteiger partial charge in [-0.05, 0) is 31.1 Å². The summed E-state index contributed by atoms with van der Waals surface area (Å²) >= 11 is 0. The van der Waals surface area contributed by atoms with Crippen LogP contribution >= 0.6 is 0 Å². The second kappa shape index (κ2) is 6.05. The molecule has 3 atom stereocenters. The molecule has 0 spiro atoms. The zero-order valence-corrected chi connectivity index (χ0v) is 12.1. The van der Waals surface area contributed by atoms with Crippen LogP contribution in [0, 0.1) is 11.8 Å². The monoisotopic (exact) mass is 252 g/mol. The summed E-state index contributed by atoms with van der Waals surface area (Å²) in [4.78, 5) is 14.6. The third-order valence-electron chi connectivity index (χ3n) is 4.59. The molecule has 3 heteroatoms. The van der Waals surface area contributed by atoms with Crippen molar-refractivity contribution < 1.29 is 4.79 Å². The van der Waals surface area contributed by atoms with Gasteiger partial charge in [-0.1, -0.05) is 40.0 Å². The summed E-state index contributed by atoms with van der Waals surface area (Å²) in [5, 5.41) is 3.41. The number of hydrogen-bond donors (Lipinski definition) is 1. The van der Waals surface area contributed by atoms with Gasteiger partial charge in [0.2, 0.25) is 5.91 Å². The highest BCUT2D eigenvalue weighted by Gasteiger charge is 2.38. The molecule has 2 aliphatic rings. The zero-order valence-electron chi connectivity index (χ0n) is 12.1. The number of hydrogen-bond acceptors (Lipinski definition) is 2. The SMILES string of the molecule is CCC1CCCCC1N1CNC(CC(C)C)C1=O. The molecule has 18 heavy (non-hydrogen) atoms. The molecule has 1 saturated carbocycles. The van der Waals surface area contributed by atoms with E-state index in [0.717, 1.165) is 19.0 Å². The van der Waals surface area contributed by atoms with Crippen LogP contribution in [0.5, 0.6) is 0 Å². The molecule has 1 amide bonds. The molecule has 1 N–H and O–H groups in total. The van der Waals surface area contributed by atoms with E-state index in [1.165, 1.54) is 32.1 Å². The minimum absolute atomic E-state index is 0.0735. The topological polar surface area (TPSA) is 32.3 Å². The first kappa shape index (κ1) is 13.9. The molecular weight excluding hydrogens is 224 g/mol. The van der Waals surface area contributed by atoms with Crippen molar-refractivity contribution >= 4 is 5.91 Å². The quantitative estimate of drug-likeness (QED) is 0.834. The van der Waals surface area contributed by atoms with Crippen molar-refractivity contribution in [3.05, 3.63) is 0 Å². The van der Waals surface area contributed by atoms with Crippen molar-refractivity contribution in [3.8, 4) is 0 Å². The molecule has 1 aliphatic carbocycles. The van der Waals surface area contributed by atoms with Gasteiger partial charge in [-0.25, -0.2) is 0 Å². The van der Waals surface area contributed by atoms with E-state index in [4.69, 9.17) is 0 Å². The lowest BCUT2D eigenvalue weighted by Crippen LogP contribution is -2.44. The summed E-state index contributed by atoms with van der Waals surface area (Å²) in [6, 6.07) is 0.574. The van der Waals surface area contributed by atoms with Crippen LogP contribution in [0.25, 0.3) is 0 Å². The maximum Gasteiger partial charge on any atom is 0.241 e. The van der Waals surface area contributed by atoms with Crippen LogP contribution in [0.3, 0.4) is 0 Å². The lowest BCUT2D eigenvalue weighted by Gasteiger charge is -2.37. The summed E-state index contributed by atoms with van der Waals surface area (Å²) in [5.41, 5.74) is 0. The largest absolute Gasteiger partial charge is 0.325 e. The summed E-state index contributed by atoms with van der Waals surface area (Å²) in [6.07, 6.45) is 7.34. The first-order valence-electron chi connectivity index (χ1n) is 7.67. The van der Waals surface area contributed by atoms with Crippen molar-refractivity contribution in [2.24, 2.45) is 11.8 Å². The van der Waals surface area contributed by atoms with Crippen LogP contribution in [-0.4, -0.2) is 29.6 Å². The molecule has 104 valence electrons. The normalized spacial score (nSPS) is 33.4. The average molecular weight is 252 g/mol. The highest BCUT2D eigenvalue weighted by molar-refractivity contribution is 5.84. The van der Waals surface area contributed by atoms with Gasteiger partial charge >= 0.3 is 0 Å². The third-order valence-corrected chi connectivity index (χ3v) is 4.59. The fraction of sp³-hybridized carbons (Fsp3) is 0.933. The summed E-state index contributed by atoms with van der Waals surface area (Å²) in [7, 11) is 0. The zero-order chi connectivity index (χ0) is 13.1. The van der Waals surface area contributed by atoms with Crippen LogP contribution in [0.2, 0.25) is 0 Å². The Morgan fingerprint density at radius 3 is 2.72 bits per heavy atom. The average Bonchev–Trinajstić information content (AvgIpc) is 2.70. The predicted octanol–water partition coefficient (Wildman–Crippen LogP) is 2.76. The second-order valence-electron chi connectivity index (χ2n) is 6.37. The Bertz CT molecular complexity index is 290. The highest BCUT2D eigenvalue weighted by atomic mass is 16.2. The molecular formula is C15H28N2O. The van der Waals surface area contributed by atoms with E-state index in [1.54, 1.807) is 0 Å². The van der Waals surface area contributed by atoms with E-state index in [2.05, 4.69) is 31.0 Å². The third kappa shape index (κ3) is 2.87. The standard InChI is InChI=1S/C15H28N2O/c1-4-12-7-5-6-8-14(12)17-10-16-13(15(17)18)9-11(2)3/h11-14,16H,4-10H2,1-3H3. The van der Waals surface area contributed by atoms with Gasteiger partial charge in [-0.15, -0.1) is 0 Å². The summed E-state index contributed by atoms with van der Waals surface area (Å²) < 4.78 is 0. The molecule has 0 aromatic heterocycles. The maximum atomic E-state index is 12.5. The van der Waals surface area contributed by atoms with E-state index in [1.807, 2.05) is 0 Å². The minimum Gasteiger partial charge on any atom is -0.325 e. The van der Waals surface area contributed by atoms with Gasteiger partial charge in [0.15, 0.2) is 0 Å². The van der Waals surface area contributed by atoms with Crippen molar-refractivity contribution in [2.75, 3.05) is 6.67 Å². The van der Waals surface area contributed by atoms with Crippen molar-refractivity contribution in [1.29, 1.82) is 0 Å². The van der Waals surface area contributed by atoms with Crippen molar-refractivity contribution in [3.63, 3.8) is 0 Å². The Balaban J connectivity index is 1.98. The van der Waals surface area contributed by atoms with Gasteiger partial charge in [0.25, 0.3) is 0 Å². The molecule has 1 heterocycles. The molecule has 0 aromatic rings. The maximum absolute atomic E-state index is 12.5.